The summed E-state index contributed by atoms with van der Waals surface area (Å²) in [6, 6.07) is -15.9. The molecule has 0 bridgehead atoms. The van der Waals surface area contributed by atoms with Gasteiger partial charge in [0.05, 0.1) is 39.0 Å². The van der Waals surface area contributed by atoms with Crippen LogP contribution in [0.4, 0.5) is 0 Å². The number of nitrogens with one attached hydrogen (secondary N) is 14. The Morgan fingerprint density at radius 1 is 0.449 bits per heavy atom. The van der Waals surface area contributed by atoms with E-state index >= 15 is 0 Å². The molecule has 0 aliphatic carbocycles. The van der Waals surface area contributed by atoms with Gasteiger partial charge in [-0.1, -0.05) is 53.7 Å². The van der Waals surface area contributed by atoms with Crippen LogP contribution >= 0.6 is 0 Å². The number of hydrogen-bond donors (Lipinski definition) is 27. The first-order chi connectivity index (χ1) is 55.3. The summed E-state index contributed by atoms with van der Waals surface area (Å²) in [7, 11) is 0. The molecule has 1 fully saturated rings. The van der Waals surface area contributed by atoms with E-state index in [2.05, 4.69) is 89.4 Å². The summed E-state index contributed by atoms with van der Waals surface area (Å²) < 4.78 is 0. The van der Waals surface area contributed by atoms with E-state index in [-0.39, 0.29) is 114 Å². The van der Waals surface area contributed by atoms with Crippen LogP contribution in [0.15, 0.2) is 39.2 Å². The van der Waals surface area contributed by atoms with Crippen LogP contribution in [-0.4, -0.2) is 298 Å². The smallest absolute Gasteiger partial charge is 0.326 e. The fraction of sp³-hybridized carbons (Fsp3) is 0.648. The molecular formula is C71H121N25O22. The molecule has 15 amide bonds. The number of amides is 15. The normalized spacial score (nSPS) is 15.9. The molecule has 0 spiro atoms. The molecule has 118 heavy (non-hydrogen) atoms. The van der Waals surface area contributed by atoms with E-state index in [1.165, 1.54) is 56.9 Å². The molecule has 15 atom stereocenters. The van der Waals surface area contributed by atoms with Crippen molar-refractivity contribution in [2.75, 3.05) is 59.1 Å². The van der Waals surface area contributed by atoms with Crippen molar-refractivity contribution in [3.05, 3.63) is 29.8 Å². The van der Waals surface area contributed by atoms with E-state index in [9.17, 15) is 107 Å². The summed E-state index contributed by atoms with van der Waals surface area (Å²) in [4.78, 5) is 230. The summed E-state index contributed by atoms with van der Waals surface area (Å²) >= 11 is 0. The minimum Gasteiger partial charge on any atom is -0.508 e. The van der Waals surface area contributed by atoms with Crippen LogP contribution in [-0.2, 0) is 83.1 Å². The monoisotopic (exact) mass is 1680 g/mol. The first-order valence-corrected chi connectivity index (χ1v) is 38.3. The average Bonchev–Trinajstić information content (AvgIpc) is 1.64. The van der Waals surface area contributed by atoms with Crippen molar-refractivity contribution in [2.24, 2.45) is 72.9 Å². The van der Waals surface area contributed by atoms with Crippen molar-refractivity contribution >= 4 is 112 Å². The molecule has 0 saturated carbocycles. The fourth-order valence-electron chi connectivity index (χ4n) is 11.5. The van der Waals surface area contributed by atoms with Gasteiger partial charge in [-0.2, -0.15) is 0 Å². The minimum atomic E-state index is -1.96. The molecule has 1 aromatic rings. The summed E-state index contributed by atoms with van der Waals surface area (Å²) in [5, 5.41) is 94.4. The highest BCUT2D eigenvalue weighted by Gasteiger charge is 2.40. The number of guanidine groups is 3. The van der Waals surface area contributed by atoms with E-state index in [1.54, 1.807) is 27.7 Å². The number of carbonyl (C=O) groups excluding carboxylic acids is 15. The molecular weight excluding hydrogens is 1550 g/mol. The lowest BCUT2D eigenvalue weighted by Gasteiger charge is -2.28. The summed E-state index contributed by atoms with van der Waals surface area (Å²) in [5.41, 5.74) is 38.7. The number of phenols is 1. The second-order valence-electron chi connectivity index (χ2n) is 29.2. The first kappa shape index (κ1) is 102. The second kappa shape index (κ2) is 52.0. The molecule has 0 unspecified atom stereocenters. The number of aliphatic imine (C=N–C) groups is 3. The number of aliphatic hydroxyl groups is 4. The zero-order chi connectivity index (χ0) is 89.4. The van der Waals surface area contributed by atoms with Gasteiger partial charge in [0.1, 0.15) is 90.3 Å². The maximum absolute atomic E-state index is 14.2. The van der Waals surface area contributed by atoms with Gasteiger partial charge in [-0.15, -0.1) is 0 Å². The van der Waals surface area contributed by atoms with Gasteiger partial charge in [-0.3, -0.25) is 86.9 Å². The molecule has 0 radical (unpaired) electrons. The van der Waals surface area contributed by atoms with Crippen LogP contribution in [0, 0.1) is 17.8 Å². The number of carboxylic acids is 1. The van der Waals surface area contributed by atoms with E-state index in [1.807, 2.05) is 0 Å². The zero-order valence-corrected chi connectivity index (χ0v) is 67.7. The first-order valence-electron chi connectivity index (χ1n) is 38.3. The van der Waals surface area contributed by atoms with Crippen LogP contribution in [0.3, 0.4) is 0 Å². The molecule has 0 aromatic heterocycles. The number of aliphatic hydroxyl groups excluding tert-OH is 4. The largest absolute Gasteiger partial charge is 0.508 e. The summed E-state index contributed by atoms with van der Waals surface area (Å²) in [6.45, 7) is 8.88. The van der Waals surface area contributed by atoms with Gasteiger partial charge in [0.25, 0.3) is 0 Å². The van der Waals surface area contributed by atoms with Gasteiger partial charge in [-0.05, 0) is 114 Å². The second-order valence-corrected chi connectivity index (χ2v) is 29.2. The van der Waals surface area contributed by atoms with Crippen molar-refractivity contribution in [3.63, 3.8) is 0 Å². The van der Waals surface area contributed by atoms with Crippen molar-refractivity contribution in [3.8, 4) is 5.75 Å². The fourth-order valence-corrected chi connectivity index (χ4v) is 11.5. The molecule has 2 rings (SSSR count). The lowest BCUT2D eigenvalue weighted by molar-refractivity contribution is -0.142. The lowest BCUT2D eigenvalue weighted by atomic mass is 10.00. The Labute approximate surface area is 681 Å². The number of nitrogens with zero attached hydrogens (tertiary/aromatic N) is 4. The van der Waals surface area contributed by atoms with Crippen LogP contribution < -0.4 is 115 Å². The molecule has 1 aliphatic heterocycles. The maximum Gasteiger partial charge on any atom is 0.326 e. The highest BCUT2D eigenvalue weighted by Crippen LogP contribution is 2.19. The van der Waals surface area contributed by atoms with Gasteiger partial charge in [-0.25, -0.2) is 4.79 Å². The number of carboxylic acid groups (broad SMARTS) is 1. The topological polar surface area (TPSA) is 785 Å². The number of likely N-dealkylation sites (tertiary alicyclic amines) is 1. The highest BCUT2D eigenvalue weighted by molar-refractivity contribution is 6.00. The number of phenolic OH excluding ortho intramolecular Hbond substituents is 1. The number of carbonyl (C=O) groups is 16. The molecule has 1 aromatic carbocycles. The molecule has 34 N–H and O–H groups in total. The number of nitrogens with two attached hydrogens (primary N) is 7. The van der Waals surface area contributed by atoms with E-state index in [4.69, 9.17) is 40.1 Å². The number of aliphatic carboxylic acids is 1. The third-order valence-corrected chi connectivity index (χ3v) is 18.0. The molecule has 47 nitrogen and oxygen atoms in total. The van der Waals surface area contributed by atoms with Crippen molar-refractivity contribution in [2.45, 2.75) is 217 Å². The summed E-state index contributed by atoms with van der Waals surface area (Å²) in [6.07, 6.45) is -1.69. The number of rotatable bonds is 52. The Hall–Kier alpha value is -11.8. The predicted octanol–water partition coefficient (Wildman–Crippen LogP) is -11.7. The Kier molecular flexibility index (Phi) is 45.0. The number of hydrogen-bond acceptors (Lipinski definition) is 25. The number of benzene rings is 1. The predicted molar refractivity (Wildman–Crippen MR) is 424 cm³/mol. The Morgan fingerprint density at radius 3 is 1.26 bits per heavy atom. The third kappa shape index (κ3) is 37.0. The minimum absolute atomic E-state index is 0.0150. The molecule has 1 saturated heterocycles. The van der Waals surface area contributed by atoms with Gasteiger partial charge >= 0.3 is 5.97 Å². The van der Waals surface area contributed by atoms with Crippen LogP contribution in [0.25, 0.3) is 0 Å². The van der Waals surface area contributed by atoms with Crippen LogP contribution in [0.2, 0.25) is 0 Å². The van der Waals surface area contributed by atoms with E-state index in [0.29, 0.717) is 12.0 Å². The van der Waals surface area contributed by atoms with Gasteiger partial charge in [0, 0.05) is 32.6 Å². The van der Waals surface area contributed by atoms with Gasteiger partial charge in [0.2, 0.25) is 88.6 Å². The molecule has 47 heteroatoms. The van der Waals surface area contributed by atoms with Crippen molar-refractivity contribution in [1.82, 2.24) is 79.3 Å². The molecule has 1 heterocycles. The third-order valence-electron chi connectivity index (χ3n) is 18.0. The summed E-state index contributed by atoms with van der Waals surface area (Å²) in [5.74, 6) is -18.7. The van der Waals surface area contributed by atoms with Crippen molar-refractivity contribution in [1.29, 1.82) is 0 Å². The standard InChI is InChI=1S/C71H121N25O22/c1-33(2)26-45(60(109)88-44(68(117)118)16-12-24-81-71(77)78)89-57(106)42(14-10-22-79-69(73)74)86-65(114)53(35(5)6)94-55(104)36(7)85-61(110)47(31-98)92-62(111)48(32-99)91-58(107)43(15-11-23-80-70(75)76)87-66(115)54(38(9)100)95-56(105)37(8)84-59(108)46(27-39-18-20-40(101)21-19-39)90-64(113)52(34(3)4)93-51(103)29-82-50(102)28-83-63(112)49-17-13-25-96(49)67(116)41(72)30-97/h18-21,33-38,41-49,52-54,97-101H,10-17,22-32,72H2,1-9H3,(H,82,102)(H,83,112)(H,84,108)(H,85,110)(H,86,114)(H,87,115)(H,88,109)(H,89,106)(H,90,113)(H,91,107)(H,92,111)(H,93,103)(H,94,104)(H,95,105)(H,117,118)(H4,73,74,79)(H4,75,76,80)(H4,77,78,81)/t36-,37-,38+,41-,42-,43-,44-,45-,46-,47-,48-,49-,52-,53-,54-/m0/s1. The molecule has 1 aliphatic rings. The lowest BCUT2D eigenvalue weighted by Crippen LogP contribution is -2.62. The average molecular weight is 1680 g/mol. The maximum atomic E-state index is 14.2. The van der Waals surface area contributed by atoms with E-state index < -0.39 is 230 Å². The van der Waals surface area contributed by atoms with Crippen molar-refractivity contribution < 1.29 is 107 Å². The zero-order valence-electron chi connectivity index (χ0n) is 67.7. The van der Waals surface area contributed by atoms with Gasteiger partial charge < -0.3 is 150 Å². The van der Waals surface area contributed by atoms with E-state index in [0.717, 1.165) is 6.92 Å². The van der Waals surface area contributed by atoms with Crippen LogP contribution in [0.5, 0.6) is 5.75 Å². The van der Waals surface area contributed by atoms with Gasteiger partial charge in [0.15, 0.2) is 17.9 Å². The number of aromatic hydroxyl groups is 1. The van der Waals surface area contributed by atoms with Crippen LogP contribution in [0.1, 0.15) is 126 Å². The SMILES string of the molecule is CC(C)C[C@H](NC(=O)[C@H](CCCN=C(N)N)NC(=O)[C@@H](NC(=O)[C@H](C)NC(=O)[C@H](CO)NC(=O)[C@H](CO)NC(=O)[C@H](CCCN=C(N)N)NC(=O)[C@@H](NC(=O)[C@H](C)NC(=O)[C@H](Cc1ccc(O)cc1)NC(=O)[C@@H](NC(=O)CNC(=O)CNC(=O)[C@@H]1CCCN1C(=O)[C@@H](N)CO)C(C)C)[C@@H](C)O)C(C)C)C(=O)N[C@@H](CCCN=C(N)N)C(=O)O. The Balaban J connectivity index is 2.28. The quantitative estimate of drug-likeness (QED) is 0.0164. The molecule has 662 valence electrons. The highest BCUT2D eigenvalue weighted by atomic mass is 16.4. The Morgan fingerprint density at radius 2 is 0.831 bits per heavy atom. The Bertz CT molecular complexity index is 3670.